The largest absolute Gasteiger partial charge is 0.480 e. The van der Waals surface area contributed by atoms with Crippen LogP contribution in [0.25, 0.3) is 0 Å². The summed E-state index contributed by atoms with van der Waals surface area (Å²) in [5, 5.41) is 28.2. The second-order valence-electron chi connectivity index (χ2n) is 4.17. The Hall–Kier alpha value is -1.77. The van der Waals surface area contributed by atoms with Crippen LogP contribution in [0.5, 0.6) is 0 Å². The standard InChI is InChI=1S/C12H11ClN2O3/c13-8-1-2-10(7(3-8)5-14)15-6-9(16)4-11(15)12(17)18/h1-3,9,11,16H,4,6H2,(H,17,18). The van der Waals surface area contributed by atoms with Gasteiger partial charge < -0.3 is 15.1 Å². The minimum Gasteiger partial charge on any atom is -0.480 e. The van der Waals surface area contributed by atoms with Crippen molar-refractivity contribution in [2.75, 3.05) is 11.4 Å². The Morgan fingerprint density at radius 2 is 2.28 bits per heavy atom. The van der Waals surface area contributed by atoms with E-state index in [1.54, 1.807) is 12.1 Å². The smallest absolute Gasteiger partial charge is 0.326 e. The minimum atomic E-state index is -1.01. The Morgan fingerprint density at radius 1 is 1.56 bits per heavy atom. The average molecular weight is 267 g/mol. The summed E-state index contributed by atoms with van der Waals surface area (Å²) in [6.07, 6.45) is -0.545. The van der Waals surface area contributed by atoms with E-state index in [-0.39, 0.29) is 13.0 Å². The fourth-order valence-corrected chi connectivity index (χ4v) is 2.33. The van der Waals surface area contributed by atoms with Gasteiger partial charge in [-0.2, -0.15) is 5.26 Å². The van der Waals surface area contributed by atoms with E-state index in [1.807, 2.05) is 6.07 Å². The number of halogens is 1. The first-order chi connectivity index (χ1) is 8.52. The molecule has 0 spiro atoms. The molecule has 2 N–H and O–H groups in total. The molecule has 0 saturated carbocycles. The molecule has 94 valence electrons. The molecular weight excluding hydrogens is 256 g/mol. The van der Waals surface area contributed by atoms with Gasteiger partial charge in [0.2, 0.25) is 0 Å². The maximum Gasteiger partial charge on any atom is 0.326 e. The van der Waals surface area contributed by atoms with Gasteiger partial charge in [-0.15, -0.1) is 0 Å². The van der Waals surface area contributed by atoms with E-state index in [2.05, 4.69) is 0 Å². The molecule has 1 aliphatic rings. The Bertz CT molecular complexity index is 527. The van der Waals surface area contributed by atoms with Crippen LogP contribution in [-0.2, 0) is 4.79 Å². The first kappa shape index (κ1) is 12.7. The molecule has 2 rings (SSSR count). The number of hydrogen-bond acceptors (Lipinski definition) is 4. The molecule has 1 saturated heterocycles. The van der Waals surface area contributed by atoms with Crippen LogP contribution in [0, 0.1) is 11.3 Å². The van der Waals surface area contributed by atoms with Gasteiger partial charge in [0.25, 0.3) is 0 Å². The summed E-state index contributed by atoms with van der Waals surface area (Å²) in [6.45, 7) is 0.202. The van der Waals surface area contributed by atoms with Crippen LogP contribution in [0.2, 0.25) is 5.02 Å². The molecule has 2 unspecified atom stereocenters. The van der Waals surface area contributed by atoms with Crippen LogP contribution in [-0.4, -0.2) is 34.9 Å². The normalized spacial score (nSPS) is 22.8. The molecule has 1 aromatic rings. The Labute approximate surface area is 109 Å². The second-order valence-corrected chi connectivity index (χ2v) is 4.61. The number of benzene rings is 1. The van der Waals surface area contributed by atoms with Gasteiger partial charge >= 0.3 is 5.97 Å². The number of nitrogens with zero attached hydrogens (tertiary/aromatic N) is 2. The van der Waals surface area contributed by atoms with Crippen molar-refractivity contribution in [3.05, 3.63) is 28.8 Å². The van der Waals surface area contributed by atoms with Crippen LogP contribution >= 0.6 is 11.6 Å². The fraction of sp³-hybridized carbons (Fsp3) is 0.333. The highest BCUT2D eigenvalue weighted by molar-refractivity contribution is 6.30. The molecule has 1 aromatic carbocycles. The van der Waals surface area contributed by atoms with E-state index in [0.717, 1.165) is 0 Å². The predicted molar refractivity (Wildman–Crippen MR) is 65.6 cm³/mol. The molecule has 0 aliphatic carbocycles. The van der Waals surface area contributed by atoms with Crippen molar-refractivity contribution in [1.29, 1.82) is 5.26 Å². The maximum atomic E-state index is 11.1. The van der Waals surface area contributed by atoms with Crippen LogP contribution in [0.3, 0.4) is 0 Å². The quantitative estimate of drug-likeness (QED) is 0.841. The third-order valence-electron chi connectivity index (χ3n) is 2.95. The van der Waals surface area contributed by atoms with Gasteiger partial charge in [-0.1, -0.05) is 11.6 Å². The van der Waals surface area contributed by atoms with Crippen molar-refractivity contribution in [2.45, 2.75) is 18.6 Å². The van der Waals surface area contributed by atoms with E-state index in [9.17, 15) is 9.90 Å². The summed E-state index contributed by atoms with van der Waals surface area (Å²) >= 11 is 5.79. The number of aliphatic hydroxyl groups is 1. The first-order valence-electron chi connectivity index (χ1n) is 5.40. The van der Waals surface area contributed by atoms with Gasteiger partial charge in [0.15, 0.2) is 0 Å². The molecule has 18 heavy (non-hydrogen) atoms. The number of rotatable bonds is 2. The lowest BCUT2D eigenvalue weighted by Gasteiger charge is -2.24. The molecule has 1 heterocycles. The van der Waals surface area contributed by atoms with Crippen molar-refractivity contribution >= 4 is 23.3 Å². The van der Waals surface area contributed by atoms with Gasteiger partial charge in [0.1, 0.15) is 12.1 Å². The van der Waals surface area contributed by atoms with Gasteiger partial charge in [0, 0.05) is 18.0 Å². The van der Waals surface area contributed by atoms with Gasteiger partial charge in [-0.3, -0.25) is 0 Å². The number of carbonyl (C=O) groups is 1. The third kappa shape index (κ3) is 2.26. The van der Waals surface area contributed by atoms with E-state index in [1.165, 1.54) is 11.0 Å². The zero-order valence-electron chi connectivity index (χ0n) is 9.38. The number of anilines is 1. The Balaban J connectivity index is 2.42. The number of aliphatic carboxylic acids is 1. The molecule has 0 amide bonds. The molecule has 1 fully saturated rings. The SMILES string of the molecule is N#Cc1cc(Cl)ccc1N1CC(O)CC1C(=O)O. The molecule has 0 radical (unpaired) electrons. The predicted octanol–water partition coefficient (Wildman–Crippen LogP) is 1.24. The van der Waals surface area contributed by atoms with Crippen molar-refractivity contribution in [3.8, 4) is 6.07 Å². The van der Waals surface area contributed by atoms with Crippen molar-refractivity contribution < 1.29 is 15.0 Å². The number of nitriles is 1. The zero-order valence-corrected chi connectivity index (χ0v) is 10.1. The van der Waals surface area contributed by atoms with Gasteiger partial charge in [-0.25, -0.2) is 4.79 Å². The molecule has 6 heteroatoms. The number of β-amino-alcohol motifs (C(OH)–C–C–N with tert-alkyl or cyclic N) is 1. The van der Waals surface area contributed by atoms with Gasteiger partial charge in [0.05, 0.1) is 17.4 Å². The highest BCUT2D eigenvalue weighted by atomic mass is 35.5. The Kier molecular flexibility index (Phi) is 3.41. The first-order valence-corrected chi connectivity index (χ1v) is 5.78. The van der Waals surface area contributed by atoms with Crippen LogP contribution in [0.4, 0.5) is 5.69 Å². The van der Waals surface area contributed by atoms with Crippen molar-refractivity contribution in [3.63, 3.8) is 0 Å². The van der Waals surface area contributed by atoms with E-state index in [4.69, 9.17) is 22.0 Å². The molecule has 0 bridgehead atoms. The number of carboxylic acid groups (broad SMARTS) is 1. The minimum absolute atomic E-state index is 0.156. The van der Waals surface area contributed by atoms with Crippen molar-refractivity contribution in [2.24, 2.45) is 0 Å². The lowest BCUT2D eigenvalue weighted by molar-refractivity contribution is -0.138. The third-order valence-corrected chi connectivity index (χ3v) is 3.19. The average Bonchev–Trinajstić information content (AvgIpc) is 2.71. The second kappa shape index (κ2) is 4.84. The number of carboxylic acids is 1. The molecular formula is C12H11ClN2O3. The molecule has 5 nitrogen and oxygen atoms in total. The van der Waals surface area contributed by atoms with E-state index in [0.29, 0.717) is 16.3 Å². The number of aliphatic hydroxyl groups excluding tert-OH is 1. The highest BCUT2D eigenvalue weighted by Crippen LogP contribution is 2.30. The maximum absolute atomic E-state index is 11.1. The van der Waals surface area contributed by atoms with Crippen LogP contribution in [0.1, 0.15) is 12.0 Å². The summed E-state index contributed by atoms with van der Waals surface area (Å²) < 4.78 is 0. The Morgan fingerprint density at radius 3 is 2.89 bits per heavy atom. The van der Waals surface area contributed by atoms with E-state index < -0.39 is 18.1 Å². The monoisotopic (exact) mass is 266 g/mol. The summed E-state index contributed by atoms with van der Waals surface area (Å²) in [4.78, 5) is 12.7. The van der Waals surface area contributed by atoms with Gasteiger partial charge in [-0.05, 0) is 18.2 Å². The summed E-state index contributed by atoms with van der Waals surface area (Å²) in [6, 6.07) is 5.87. The summed E-state index contributed by atoms with van der Waals surface area (Å²) in [7, 11) is 0. The lowest BCUT2D eigenvalue weighted by atomic mass is 10.1. The van der Waals surface area contributed by atoms with Crippen LogP contribution in [0.15, 0.2) is 18.2 Å². The molecule has 2 atom stereocenters. The summed E-state index contributed by atoms with van der Waals surface area (Å²) in [5.41, 5.74) is 0.800. The topological polar surface area (TPSA) is 84.6 Å². The number of hydrogen-bond donors (Lipinski definition) is 2. The van der Waals surface area contributed by atoms with Crippen molar-refractivity contribution in [1.82, 2.24) is 0 Å². The zero-order chi connectivity index (χ0) is 13.3. The van der Waals surface area contributed by atoms with Crippen LogP contribution < -0.4 is 4.90 Å². The van der Waals surface area contributed by atoms with E-state index >= 15 is 0 Å². The highest BCUT2D eigenvalue weighted by Gasteiger charge is 2.37. The summed E-state index contributed by atoms with van der Waals surface area (Å²) in [5.74, 6) is -1.01. The molecule has 1 aliphatic heterocycles. The molecule has 0 aromatic heterocycles. The fourth-order valence-electron chi connectivity index (χ4n) is 2.16. The lowest BCUT2D eigenvalue weighted by Crippen LogP contribution is -2.36.